The van der Waals surface area contributed by atoms with Crippen molar-refractivity contribution in [1.82, 2.24) is 15.0 Å². The van der Waals surface area contributed by atoms with Crippen molar-refractivity contribution in [3.63, 3.8) is 0 Å². The van der Waals surface area contributed by atoms with E-state index in [0.717, 1.165) is 50.5 Å². The van der Waals surface area contributed by atoms with E-state index in [-0.39, 0.29) is 5.75 Å². The van der Waals surface area contributed by atoms with Gasteiger partial charge in [0, 0.05) is 94.8 Å². The summed E-state index contributed by atoms with van der Waals surface area (Å²) in [5.74, 6) is 0.182. The maximum atomic E-state index is 11.7. The number of hydrogen-bond donors (Lipinski definition) is 1. The van der Waals surface area contributed by atoms with Crippen molar-refractivity contribution in [1.29, 1.82) is 0 Å². The number of phenolic OH excluding ortho intramolecular Hbond substituents is 1. The molecule has 0 saturated carbocycles. The van der Waals surface area contributed by atoms with Crippen molar-refractivity contribution in [2.24, 2.45) is 0 Å². The van der Waals surface area contributed by atoms with Gasteiger partial charge in [-0.25, -0.2) is 0 Å². The van der Waals surface area contributed by atoms with Crippen LogP contribution in [0.2, 0.25) is 0 Å². The minimum Gasteiger partial charge on any atom is -0.507 e. The van der Waals surface area contributed by atoms with Gasteiger partial charge in [0.2, 0.25) is 17.1 Å². The summed E-state index contributed by atoms with van der Waals surface area (Å²) in [6.45, 7) is 0. The summed E-state index contributed by atoms with van der Waals surface area (Å²) >= 11 is 0. The normalized spacial score (nSPS) is 10.9. The van der Waals surface area contributed by atoms with Gasteiger partial charge in [-0.15, -0.1) is 0 Å². The number of nitrogens with zero attached hydrogens (tertiary/aromatic N) is 4. The Morgan fingerprint density at radius 1 is 0.419 bits per heavy atom. The number of phenols is 1. The van der Waals surface area contributed by atoms with E-state index in [1.165, 1.54) is 0 Å². The number of pyridine rings is 4. The predicted molar refractivity (Wildman–Crippen MR) is 170 cm³/mol. The summed E-state index contributed by atoms with van der Waals surface area (Å²) in [5.41, 5.74) is 10.2. The van der Waals surface area contributed by atoms with Gasteiger partial charge in [-0.1, -0.05) is 48.5 Å². The fourth-order valence-electron chi connectivity index (χ4n) is 5.46. The van der Waals surface area contributed by atoms with Crippen LogP contribution in [-0.2, 0) is 0 Å². The predicted octanol–water partition coefficient (Wildman–Crippen LogP) is 8.19. The lowest BCUT2D eigenvalue weighted by Gasteiger charge is -2.16. The van der Waals surface area contributed by atoms with Gasteiger partial charge < -0.3 is 5.11 Å². The third-order valence-corrected chi connectivity index (χ3v) is 7.52. The van der Waals surface area contributed by atoms with Gasteiger partial charge in [-0.3, -0.25) is 15.0 Å². The monoisotopic (exact) mass is 555 g/mol. The lowest BCUT2D eigenvalue weighted by molar-refractivity contribution is -0.572. The molecule has 0 saturated heterocycles. The lowest BCUT2D eigenvalue weighted by atomic mass is 9.95. The molecule has 1 N–H and O–H groups in total. The van der Waals surface area contributed by atoms with Crippen LogP contribution in [0.25, 0.3) is 61.6 Å². The van der Waals surface area contributed by atoms with E-state index in [2.05, 4.69) is 80.2 Å². The van der Waals surface area contributed by atoms with E-state index in [0.29, 0.717) is 11.1 Å². The third kappa shape index (κ3) is 5.16. The SMILES string of the molecule is Oc1c(-c2cccnc2)cc(-[n+]2c(-c3ccccc3)cc(-c3ccncc3)cc2-c2ccccc2)cc1-c1cccnc1. The smallest absolute Gasteiger partial charge is 0.219 e. The van der Waals surface area contributed by atoms with Crippen molar-refractivity contribution in [3.05, 3.63) is 159 Å². The summed E-state index contributed by atoms with van der Waals surface area (Å²) in [6.07, 6.45) is 10.7. The Balaban J connectivity index is 1.60. The molecule has 0 aliphatic rings. The lowest BCUT2D eigenvalue weighted by Crippen LogP contribution is -2.36. The van der Waals surface area contributed by atoms with Crippen LogP contribution in [0.4, 0.5) is 0 Å². The van der Waals surface area contributed by atoms with E-state index in [1.54, 1.807) is 24.8 Å². The van der Waals surface area contributed by atoms with E-state index < -0.39 is 0 Å². The highest BCUT2D eigenvalue weighted by Gasteiger charge is 2.27. The van der Waals surface area contributed by atoms with E-state index in [4.69, 9.17) is 0 Å². The summed E-state index contributed by atoms with van der Waals surface area (Å²) < 4.78 is 2.27. The Labute approximate surface area is 250 Å². The molecule has 0 aliphatic heterocycles. The largest absolute Gasteiger partial charge is 0.507 e. The summed E-state index contributed by atoms with van der Waals surface area (Å²) in [4.78, 5) is 12.9. The Bertz CT molecular complexity index is 1880. The quantitative estimate of drug-likeness (QED) is 0.210. The number of hydrogen-bond acceptors (Lipinski definition) is 4. The second-order valence-electron chi connectivity index (χ2n) is 10.2. The molecule has 0 fully saturated rings. The molecular weight excluding hydrogens is 528 g/mol. The van der Waals surface area contributed by atoms with Crippen LogP contribution in [0.15, 0.2) is 159 Å². The fourth-order valence-corrected chi connectivity index (χ4v) is 5.46. The van der Waals surface area contributed by atoms with Crippen molar-refractivity contribution in [2.75, 3.05) is 0 Å². The molecule has 0 radical (unpaired) electrons. The Morgan fingerprint density at radius 3 is 1.37 bits per heavy atom. The van der Waals surface area contributed by atoms with E-state index in [9.17, 15) is 5.11 Å². The summed E-state index contributed by atoms with van der Waals surface area (Å²) in [7, 11) is 0. The molecule has 4 heterocycles. The van der Waals surface area contributed by atoms with Crippen molar-refractivity contribution < 1.29 is 9.67 Å². The van der Waals surface area contributed by atoms with Crippen molar-refractivity contribution >= 4 is 0 Å². The van der Waals surface area contributed by atoms with Gasteiger partial charge in [0.05, 0.1) is 0 Å². The maximum Gasteiger partial charge on any atom is 0.219 e. The van der Waals surface area contributed by atoms with Crippen LogP contribution in [0, 0.1) is 0 Å². The maximum absolute atomic E-state index is 11.7. The van der Waals surface area contributed by atoms with Gasteiger partial charge in [-0.2, -0.15) is 4.57 Å². The van der Waals surface area contributed by atoms with Crippen LogP contribution < -0.4 is 4.57 Å². The highest BCUT2D eigenvalue weighted by Crippen LogP contribution is 2.40. The molecule has 5 nitrogen and oxygen atoms in total. The summed E-state index contributed by atoms with van der Waals surface area (Å²) in [5, 5.41) is 11.7. The standard InChI is InChI=1S/C38H26N4O/c43-38-34(30-13-7-17-40-25-30)23-33(24-35(38)31-14-8-18-41-26-31)42-36(28-9-3-1-4-10-28)21-32(27-15-19-39-20-16-27)22-37(42)29-11-5-2-6-12-29/h1-26H/p+1. The first kappa shape index (κ1) is 26.0. The molecule has 5 heteroatoms. The first-order chi connectivity index (χ1) is 21.3. The fraction of sp³-hybridized carbons (Fsp3) is 0. The highest BCUT2D eigenvalue weighted by molar-refractivity contribution is 5.84. The second-order valence-corrected chi connectivity index (χ2v) is 10.2. The van der Waals surface area contributed by atoms with Crippen molar-refractivity contribution in [3.8, 4) is 67.3 Å². The Hall–Kier alpha value is -5.94. The molecular formula is C38H27N4O+. The average Bonchev–Trinajstić information content (AvgIpc) is 3.10. The minimum atomic E-state index is 0.182. The molecule has 0 bridgehead atoms. The molecule has 0 unspecified atom stereocenters. The van der Waals surface area contributed by atoms with Crippen LogP contribution in [-0.4, -0.2) is 20.1 Å². The van der Waals surface area contributed by atoms with Crippen LogP contribution in [0.1, 0.15) is 0 Å². The number of rotatable bonds is 6. The van der Waals surface area contributed by atoms with Crippen LogP contribution >= 0.6 is 0 Å². The molecule has 0 amide bonds. The number of benzene rings is 3. The Kier molecular flexibility index (Phi) is 6.96. The molecule has 0 atom stereocenters. The molecule has 4 aromatic heterocycles. The number of aromatic hydroxyl groups is 1. The Morgan fingerprint density at radius 2 is 0.907 bits per heavy atom. The zero-order valence-electron chi connectivity index (χ0n) is 23.2. The van der Waals surface area contributed by atoms with E-state index in [1.807, 2.05) is 73.1 Å². The second kappa shape index (κ2) is 11.5. The van der Waals surface area contributed by atoms with Gasteiger partial charge in [0.25, 0.3) is 0 Å². The van der Waals surface area contributed by atoms with Crippen molar-refractivity contribution in [2.45, 2.75) is 0 Å². The summed E-state index contributed by atoms with van der Waals surface area (Å²) in [6, 6.07) is 41.1. The zero-order chi connectivity index (χ0) is 29.0. The molecule has 7 aromatic rings. The molecule has 7 rings (SSSR count). The van der Waals surface area contributed by atoms with Crippen LogP contribution in [0.5, 0.6) is 5.75 Å². The van der Waals surface area contributed by atoms with Gasteiger partial charge in [0.1, 0.15) is 5.75 Å². The molecule has 204 valence electrons. The van der Waals surface area contributed by atoms with E-state index >= 15 is 0 Å². The molecule has 0 aliphatic carbocycles. The van der Waals surface area contributed by atoms with Gasteiger partial charge in [0.15, 0.2) is 0 Å². The average molecular weight is 556 g/mol. The zero-order valence-corrected chi connectivity index (χ0v) is 23.2. The first-order valence-corrected chi connectivity index (χ1v) is 14.1. The minimum absolute atomic E-state index is 0.182. The molecule has 43 heavy (non-hydrogen) atoms. The third-order valence-electron chi connectivity index (χ3n) is 7.52. The number of aromatic nitrogens is 4. The van der Waals surface area contributed by atoms with Gasteiger partial charge in [-0.05, 0) is 59.7 Å². The topological polar surface area (TPSA) is 62.8 Å². The highest BCUT2D eigenvalue weighted by atomic mass is 16.3. The first-order valence-electron chi connectivity index (χ1n) is 14.1. The van der Waals surface area contributed by atoms with Gasteiger partial charge >= 0.3 is 0 Å². The molecule has 0 spiro atoms. The van der Waals surface area contributed by atoms with Crippen LogP contribution in [0.3, 0.4) is 0 Å². The molecule has 3 aromatic carbocycles.